The van der Waals surface area contributed by atoms with Gasteiger partial charge in [0, 0.05) is 35.8 Å². The van der Waals surface area contributed by atoms with Gasteiger partial charge in [-0.3, -0.25) is 14.7 Å². The van der Waals surface area contributed by atoms with Crippen molar-refractivity contribution in [3.05, 3.63) is 29.6 Å². The maximum atomic E-state index is 12.8. The van der Waals surface area contributed by atoms with Gasteiger partial charge in [-0.2, -0.15) is 13.2 Å². The monoisotopic (exact) mass is 355 g/mol. The molecule has 1 aromatic rings. The number of pyridine rings is 1. The van der Waals surface area contributed by atoms with Gasteiger partial charge in [0.2, 0.25) is 0 Å². The van der Waals surface area contributed by atoms with Gasteiger partial charge in [0.05, 0.1) is 0 Å². The zero-order valence-electron chi connectivity index (χ0n) is 14.9. The summed E-state index contributed by atoms with van der Waals surface area (Å²) >= 11 is 0. The SMILES string of the molecule is CC(C)(C)N1CCC2(CC1)CN(C(=O)c1ccnc(C(F)(F)F)c1)C2. The number of carbonyl (C=O) groups is 1. The molecule has 0 radical (unpaired) electrons. The second-order valence-electron chi connectivity index (χ2n) is 8.25. The van der Waals surface area contributed by atoms with Crippen molar-refractivity contribution >= 4 is 5.91 Å². The van der Waals surface area contributed by atoms with Crippen LogP contribution in [-0.4, -0.2) is 52.4 Å². The Morgan fingerprint density at radius 2 is 1.76 bits per heavy atom. The van der Waals surface area contributed by atoms with Gasteiger partial charge in [-0.05, 0) is 58.8 Å². The van der Waals surface area contributed by atoms with E-state index in [1.165, 1.54) is 6.07 Å². The summed E-state index contributed by atoms with van der Waals surface area (Å²) in [6.07, 6.45) is -1.43. The van der Waals surface area contributed by atoms with E-state index in [9.17, 15) is 18.0 Å². The van der Waals surface area contributed by atoms with E-state index in [0.717, 1.165) is 38.2 Å². The van der Waals surface area contributed by atoms with Crippen LogP contribution in [-0.2, 0) is 6.18 Å². The molecule has 7 heteroatoms. The summed E-state index contributed by atoms with van der Waals surface area (Å²) in [5.41, 5.74) is -0.681. The number of rotatable bonds is 1. The number of aromatic nitrogens is 1. The summed E-state index contributed by atoms with van der Waals surface area (Å²) in [4.78, 5) is 19.9. The van der Waals surface area contributed by atoms with Crippen LogP contribution in [0.5, 0.6) is 0 Å². The van der Waals surface area contributed by atoms with Crippen molar-refractivity contribution in [3.63, 3.8) is 0 Å². The van der Waals surface area contributed by atoms with Gasteiger partial charge in [-0.15, -0.1) is 0 Å². The smallest absolute Gasteiger partial charge is 0.337 e. The molecular formula is C18H24F3N3O. The van der Waals surface area contributed by atoms with Crippen molar-refractivity contribution in [1.82, 2.24) is 14.8 Å². The third kappa shape index (κ3) is 3.66. The number of carbonyl (C=O) groups excluding carboxylic acids is 1. The molecule has 0 saturated carbocycles. The third-order valence-electron chi connectivity index (χ3n) is 5.41. The fourth-order valence-electron chi connectivity index (χ4n) is 3.78. The van der Waals surface area contributed by atoms with Crippen LogP contribution < -0.4 is 0 Å². The van der Waals surface area contributed by atoms with Crippen LogP contribution in [0.4, 0.5) is 13.2 Å². The minimum atomic E-state index is -4.54. The first-order chi connectivity index (χ1) is 11.5. The van der Waals surface area contributed by atoms with Gasteiger partial charge in [0.25, 0.3) is 5.91 Å². The lowest BCUT2D eigenvalue weighted by atomic mass is 9.71. The zero-order chi connectivity index (χ0) is 18.5. The molecule has 0 aromatic carbocycles. The minimum absolute atomic E-state index is 0.0595. The van der Waals surface area contributed by atoms with Crippen LogP contribution in [0, 0.1) is 5.41 Å². The molecule has 0 N–H and O–H groups in total. The predicted molar refractivity (Wildman–Crippen MR) is 88.1 cm³/mol. The molecule has 0 bridgehead atoms. The van der Waals surface area contributed by atoms with Gasteiger partial charge in [-0.1, -0.05) is 0 Å². The van der Waals surface area contributed by atoms with E-state index in [-0.39, 0.29) is 22.4 Å². The maximum Gasteiger partial charge on any atom is 0.433 e. The molecule has 25 heavy (non-hydrogen) atoms. The van der Waals surface area contributed by atoms with E-state index in [0.29, 0.717) is 13.1 Å². The van der Waals surface area contributed by atoms with Gasteiger partial charge in [0.1, 0.15) is 5.69 Å². The van der Waals surface area contributed by atoms with Crippen LogP contribution in [0.3, 0.4) is 0 Å². The second-order valence-corrected chi connectivity index (χ2v) is 8.25. The number of halogens is 3. The van der Waals surface area contributed by atoms with E-state index in [2.05, 4.69) is 30.7 Å². The molecule has 0 aliphatic carbocycles. The first-order valence-electron chi connectivity index (χ1n) is 8.58. The summed E-state index contributed by atoms with van der Waals surface area (Å²) in [6, 6.07) is 2.19. The highest BCUT2D eigenvalue weighted by Crippen LogP contribution is 2.42. The Kier molecular flexibility index (Phi) is 4.34. The first kappa shape index (κ1) is 18.2. The second kappa shape index (κ2) is 5.97. The Bertz CT molecular complexity index is 650. The van der Waals surface area contributed by atoms with Crippen molar-refractivity contribution in [2.24, 2.45) is 5.41 Å². The molecule has 1 spiro atoms. The van der Waals surface area contributed by atoms with Crippen molar-refractivity contribution in [2.75, 3.05) is 26.2 Å². The number of nitrogens with zero attached hydrogens (tertiary/aromatic N) is 3. The normalized spacial score (nSPS) is 21.3. The summed E-state index contributed by atoms with van der Waals surface area (Å²) in [5.74, 6) is -0.336. The standard InChI is InChI=1S/C18H24F3N3O/c1-16(2,3)24-8-5-17(6-9-24)11-23(12-17)15(25)13-4-7-22-14(10-13)18(19,20)21/h4,7,10H,5-6,8-9,11-12H2,1-3H3. The minimum Gasteiger partial charge on any atom is -0.337 e. The Hall–Kier alpha value is -1.63. The zero-order valence-corrected chi connectivity index (χ0v) is 14.9. The molecule has 2 aliphatic rings. The molecule has 2 aliphatic heterocycles. The molecule has 0 atom stereocenters. The first-order valence-corrected chi connectivity index (χ1v) is 8.58. The molecular weight excluding hydrogens is 331 g/mol. The molecule has 0 unspecified atom stereocenters. The number of piperidine rings is 1. The Morgan fingerprint density at radius 3 is 2.28 bits per heavy atom. The lowest BCUT2D eigenvalue weighted by Crippen LogP contribution is -2.63. The Labute approximate surface area is 146 Å². The highest BCUT2D eigenvalue weighted by molar-refractivity contribution is 5.94. The third-order valence-corrected chi connectivity index (χ3v) is 5.41. The molecule has 2 saturated heterocycles. The highest BCUT2D eigenvalue weighted by atomic mass is 19.4. The average molecular weight is 355 g/mol. The molecule has 3 heterocycles. The number of alkyl halides is 3. The fraction of sp³-hybridized carbons (Fsp3) is 0.667. The summed E-state index contributed by atoms with van der Waals surface area (Å²) in [6.45, 7) is 9.86. The molecule has 2 fully saturated rings. The summed E-state index contributed by atoms with van der Waals surface area (Å²) in [5, 5.41) is 0. The van der Waals surface area contributed by atoms with Crippen molar-refractivity contribution in [2.45, 2.75) is 45.3 Å². The van der Waals surface area contributed by atoms with E-state index in [4.69, 9.17) is 0 Å². The van der Waals surface area contributed by atoms with Crippen LogP contribution in [0.25, 0.3) is 0 Å². The number of amides is 1. The van der Waals surface area contributed by atoms with Crippen LogP contribution in [0.2, 0.25) is 0 Å². The van der Waals surface area contributed by atoms with Crippen molar-refractivity contribution < 1.29 is 18.0 Å². The number of hydrogen-bond acceptors (Lipinski definition) is 3. The predicted octanol–water partition coefficient (Wildman–Crippen LogP) is 3.44. The van der Waals surface area contributed by atoms with E-state index in [1.807, 2.05) is 0 Å². The van der Waals surface area contributed by atoms with Crippen LogP contribution in [0.15, 0.2) is 18.3 Å². The molecule has 3 rings (SSSR count). The Morgan fingerprint density at radius 1 is 1.16 bits per heavy atom. The number of hydrogen-bond donors (Lipinski definition) is 0. The largest absolute Gasteiger partial charge is 0.433 e. The average Bonchev–Trinajstić information content (AvgIpc) is 2.50. The van der Waals surface area contributed by atoms with E-state index < -0.39 is 11.9 Å². The maximum absolute atomic E-state index is 12.8. The molecule has 138 valence electrons. The van der Waals surface area contributed by atoms with Crippen molar-refractivity contribution in [3.8, 4) is 0 Å². The topological polar surface area (TPSA) is 36.4 Å². The quantitative estimate of drug-likeness (QED) is 0.774. The molecule has 4 nitrogen and oxygen atoms in total. The number of likely N-dealkylation sites (tertiary alicyclic amines) is 2. The van der Waals surface area contributed by atoms with Crippen molar-refractivity contribution in [1.29, 1.82) is 0 Å². The van der Waals surface area contributed by atoms with E-state index in [1.54, 1.807) is 4.90 Å². The summed E-state index contributed by atoms with van der Waals surface area (Å²) < 4.78 is 38.3. The fourth-order valence-corrected chi connectivity index (χ4v) is 3.78. The Balaban J connectivity index is 1.61. The molecule has 1 aromatic heterocycles. The van der Waals surface area contributed by atoms with Crippen LogP contribution in [0.1, 0.15) is 49.7 Å². The highest BCUT2D eigenvalue weighted by Gasteiger charge is 2.47. The lowest BCUT2D eigenvalue weighted by Gasteiger charge is -2.55. The van der Waals surface area contributed by atoms with Gasteiger partial charge in [-0.25, -0.2) is 0 Å². The summed E-state index contributed by atoms with van der Waals surface area (Å²) in [7, 11) is 0. The van der Waals surface area contributed by atoms with Gasteiger partial charge < -0.3 is 4.90 Å². The van der Waals surface area contributed by atoms with Crippen LogP contribution >= 0.6 is 0 Å². The van der Waals surface area contributed by atoms with Gasteiger partial charge >= 0.3 is 6.18 Å². The van der Waals surface area contributed by atoms with Gasteiger partial charge in [0.15, 0.2) is 0 Å². The molecule has 1 amide bonds. The lowest BCUT2D eigenvalue weighted by molar-refractivity contribution is -0.141. The van der Waals surface area contributed by atoms with E-state index >= 15 is 0 Å².